The molecule has 2 saturated heterocycles. The molecule has 1 amide bonds. The van der Waals surface area contributed by atoms with E-state index in [1.807, 2.05) is 0 Å². The van der Waals surface area contributed by atoms with E-state index in [0.717, 1.165) is 45.1 Å². The van der Waals surface area contributed by atoms with Gasteiger partial charge in [-0.05, 0) is 37.5 Å². The van der Waals surface area contributed by atoms with Crippen molar-refractivity contribution < 1.29 is 9.53 Å². The maximum absolute atomic E-state index is 12.0. The average molecular weight is 225 g/mol. The van der Waals surface area contributed by atoms with Gasteiger partial charge in [0.25, 0.3) is 0 Å². The van der Waals surface area contributed by atoms with Gasteiger partial charge in [-0.2, -0.15) is 0 Å². The highest BCUT2D eigenvalue weighted by atomic mass is 16.5. The van der Waals surface area contributed by atoms with Crippen molar-refractivity contribution in [3.05, 3.63) is 0 Å². The molecule has 16 heavy (non-hydrogen) atoms. The number of amides is 1. The van der Waals surface area contributed by atoms with Gasteiger partial charge in [0.2, 0.25) is 5.91 Å². The number of rotatable bonds is 2. The Morgan fingerprint density at radius 1 is 1.31 bits per heavy atom. The second-order valence-corrected chi connectivity index (χ2v) is 5.35. The van der Waals surface area contributed by atoms with Crippen molar-refractivity contribution in [1.29, 1.82) is 0 Å². The summed E-state index contributed by atoms with van der Waals surface area (Å²) in [7, 11) is 0. The first-order chi connectivity index (χ1) is 7.75. The van der Waals surface area contributed by atoms with Gasteiger partial charge in [-0.3, -0.25) is 4.79 Å². The quantitative estimate of drug-likeness (QED) is 0.720. The van der Waals surface area contributed by atoms with Crippen LogP contribution in [0.25, 0.3) is 0 Å². The standard InChI is InChI=1S/C13H23NO2/c1-11-4-6-14(7-5-11)13(15)9-12-3-2-8-16-10-12/h11-12H,2-10H2,1H3. The van der Waals surface area contributed by atoms with E-state index in [4.69, 9.17) is 4.74 Å². The molecule has 92 valence electrons. The summed E-state index contributed by atoms with van der Waals surface area (Å²) < 4.78 is 5.42. The van der Waals surface area contributed by atoms with Gasteiger partial charge in [-0.1, -0.05) is 6.92 Å². The van der Waals surface area contributed by atoms with Gasteiger partial charge in [0, 0.05) is 32.7 Å². The van der Waals surface area contributed by atoms with Crippen LogP contribution in [-0.4, -0.2) is 37.1 Å². The summed E-state index contributed by atoms with van der Waals surface area (Å²) >= 11 is 0. The number of nitrogens with zero attached hydrogens (tertiary/aromatic N) is 1. The second kappa shape index (κ2) is 5.67. The molecule has 0 aromatic rings. The first-order valence-electron chi connectivity index (χ1n) is 6.61. The lowest BCUT2D eigenvalue weighted by atomic mass is 9.95. The highest BCUT2D eigenvalue weighted by Crippen LogP contribution is 2.21. The number of carbonyl (C=O) groups excluding carboxylic acids is 1. The molecule has 1 atom stereocenters. The topological polar surface area (TPSA) is 29.5 Å². The van der Waals surface area contributed by atoms with Gasteiger partial charge in [0.15, 0.2) is 0 Å². The van der Waals surface area contributed by atoms with Crippen molar-refractivity contribution >= 4 is 5.91 Å². The van der Waals surface area contributed by atoms with Gasteiger partial charge < -0.3 is 9.64 Å². The minimum Gasteiger partial charge on any atom is -0.381 e. The van der Waals surface area contributed by atoms with Crippen LogP contribution in [-0.2, 0) is 9.53 Å². The Bertz CT molecular complexity index is 228. The Hall–Kier alpha value is -0.570. The predicted octanol–water partition coefficient (Wildman–Crippen LogP) is 2.06. The molecule has 2 rings (SSSR count). The fourth-order valence-electron chi connectivity index (χ4n) is 2.60. The SMILES string of the molecule is CC1CCN(C(=O)CC2CCCOC2)CC1. The fourth-order valence-corrected chi connectivity index (χ4v) is 2.60. The van der Waals surface area contributed by atoms with Crippen molar-refractivity contribution in [3.63, 3.8) is 0 Å². The van der Waals surface area contributed by atoms with E-state index in [9.17, 15) is 4.79 Å². The maximum atomic E-state index is 12.0. The molecule has 0 bridgehead atoms. The Morgan fingerprint density at radius 2 is 2.06 bits per heavy atom. The third-order valence-corrected chi connectivity index (χ3v) is 3.85. The number of likely N-dealkylation sites (tertiary alicyclic amines) is 1. The molecular weight excluding hydrogens is 202 g/mol. The zero-order valence-electron chi connectivity index (χ0n) is 10.3. The fraction of sp³-hybridized carbons (Fsp3) is 0.923. The molecule has 1 unspecified atom stereocenters. The van der Waals surface area contributed by atoms with Crippen molar-refractivity contribution in [3.8, 4) is 0 Å². The molecule has 2 aliphatic rings. The van der Waals surface area contributed by atoms with E-state index in [1.54, 1.807) is 0 Å². The van der Waals surface area contributed by atoms with Crippen LogP contribution in [0.1, 0.15) is 39.0 Å². The molecule has 0 spiro atoms. The number of hydrogen-bond acceptors (Lipinski definition) is 2. The van der Waals surface area contributed by atoms with Gasteiger partial charge in [0.05, 0.1) is 0 Å². The van der Waals surface area contributed by atoms with E-state index in [0.29, 0.717) is 18.2 Å². The lowest BCUT2D eigenvalue weighted by Crippen LogP contribution is -2.39. The molecule has 0 saturated carbocycles. The lowest BCUT2D eigenvalue weighted by molar-refractivity contribution is -0.134. The van der Waals surface area contributed by atoms with E-state index >= 15 is 0 Å². The van der Waals surface area contributed by atoms with Gasteiger partial charge in [-0.15, -0.1) is 0 Å². The molecule has 3 heteroatoms. The number of hydrogen-bond donors (Lipinski definition) is 0. The summed E-state index contributed by atoms with van der Waals surface area (Å²) in [5.74, 6) is 1.62. The zero-order valence-corrected chi connectivity index (χ0v) is 10.3. The monoisotopic (exact) mass is 225 g/mol. The Morgan fingerprint density at radius 3 is 2.69 bits per heavy atom. The Kier molecular flexibility index (Phi) is 4.22. The van der Waals surface area contributed by atoms with Crippen LogP contribution in [0.2, 0.25) is 0 Å². The summed E-state index contributed by atoms with van der Waals surface area (Å²) in [6.45, 7) is 5.87. The molecular formula is C13H23NO2. The summed E-state index contributed by atoms with van der Waals surface area (Å²) in [6.07, 6.45) is 5.33. The molecule has 3 nitrogen and oxygen atoms in total. The van der Waals surface area contributed by atoms with Crippen LogP contribution in [0.5, 0.6) is 0 Å². The van der Waals surface area contributed by atoms with Crippen LogP contribution in [0.3, 0.4) is 0 Å². The first-order valence-corrected chi connectivity index (χ1v) is 6.61. The first kappa shape index (κ1) is 11.9. The molecule has 0 aliphatic carbocycles. The molecule has 2 aliphatic heterocycles. The number of piperidine rings is 1. The van der Waals surface area contributed by atoms with E-state index in [2.05, 4.69) is 11.8 Å². The highest BCUT2D eigenvalue weighted by molar-refractivity contribution is 5.76. The lowest BCUT2D eigenvalue weighted by Gasteiger charge is -2.32. The third-order valence-electron chi connectivity index (χ3n) is 3.85. The average Bonchev–Trinajstić information content (AvgIpc) is 2.31. The van der Waals surface area contributed by atoms with Gasteiger partial charge in [-0.25, -0.2) is 0 Å². The van der Waals surface area contributed by atoms with Crippen LogP contribution < -0.4 is 0 Å². The van der Waals surface area contributed by atoms with Crippen LogP contribution in [0.4, 0.5) is 0 Å². The zero-order chi connectivity index (χ0) is 11.4. The van der Waals surface area contributed by atoms with Crippen molar-refractivity contribution in [2.45, 2.75) is 39.0 Å². The smallest absolute Gasteiger partial charge is 0.222 e. The highest BCUT2D eigenvalue weighted by Gasteiger charge is 2.24. The maximum Gasteiger partial charge on any atom is 0.222 e. The molecule has 0 aromatic heterocycles. The van der Waals surface area contributed by atoms with Crippen molar-refractivity contribution in [1.82, 2.24) is 4.90 Å². The summed E-state index contributed by atoms with van der Waals surface area (Å²) in [5.41, 5.74) is 0. The normalized spacial score (nSPS) is 28.1. The van der Waals surface area contributed by atoms with Crippen LogP contribution in [0, 0.1) is 11.8 Å². The Balaban J connectivity index is 1.74. The molecule has 0 radical (unpaired) electrons. The van der Waals surface area contributed by atoms with E-state index in [1.165, 1.54) is 12.8 Å². The number of carbonyl (C=O) groups is 1. The summed E-state index contributed by atoms with van der Waals surface area (Å²) in [5, 5.41) is 0. The van der Waals surface area contributed by atoms with Gasteiger partial charge in [0.1, 0.15) is 0 Å². The molecule has 0 aromatic carbocycles. The second-order valence-electron chi connectivity index (χ2n) is 5.35. The van der Waals surface area contributed by atoms with E-state index < -0.39 is 0 Å². The van der Waals surface area contributed by atoms with E-state index in [-0.39, 0.29) is 0 Å². The van der Waals surface area contributed by atoms with Gasteiger partial charge >= 0.3 is 0 Å². The molecule has 0 N–H and O–H groups in total. The predicted molar refractivity (Wildman–Crippen MR) is 63.1 cm³/mol. The largest absolute Gasteiger partial charge is 0.381 e. The van der Waals surface area contributed by atoms with Crippen molar-refractivity contribution in [2.24, 2.45) is 11.8 Å². The Labute approximate surface area is 98.1 Å². The minimum atomic E-state index is 0.349. The minimum absolute atomic E-state index is 0.349. The summed E-state index contributed by atoms with van der Waals surface area (Å²) in [6, 6.07) is 0. The van der Waals surface area contributed by atoms with Crippen LogP contribution in [0.15, 0.2) is 0 Å². The third kappa shape index (κ3) is 3.21. The van der Waals surface area contributed by atoms with Crippen molar-refractivity contribution in [2.75, 3.05) is 26.3 Å². The molecule has 2 heterocycles. The molecule has 2 fully saturated rings. The number of ether oxygens (including phenoxy) is 1. The summed E-state index contributed by atoms with van der Waals surface area (Å²) in [4.78, 5) is 14.1. The van der Waals surface area contributed by atoms with Crippen LogP contribution >= 0.6 is 0 Å².